The molecule has 6 heteroatoms. The number of amides is 1. The molecule has 2 aromatic rings. The summed E-state index contributed by atoms with van der Waals surface area (Å²) in [6.07, 6.45) is 0.208. The summed E-state index contributed by atoms with van der Waals surface area (Å²) in [6.45, 7) is 1.11. The smallest absolute Gasteiger partial charge is 0.251 e. The summed E-state index contributed by atoms with van der Waals surface area (Å²) < 4.78 is 0. The first-order valence-corrected chi connectivity index (χ1v) is 8.46. The molecule has 126 valence electrons. The molecule has 2 N–H and O–H groups in total. The summed E-state index contributed by atoms with van der Waals surface area (Å²) in [5.74, 6) is -0.320. The lowest BCUT2D eigenvalue weighted by Gasteiger charge is -2.15. The Morgan fingerprint density at radius 1 is 1.25 bits per heavy atom. The van der Waals surface area contributed by atoms with Crippen LogP contribution in [0.4, 0.5) is 5.69 Å². The summed E-state index contributed by atoms with van der Waals surface area (Å²) in [4.78, 5) is 14.4. The zero-order valence-electron chi connectivity index (χ0n) is 13.2. The Hall–Kier alpha value is -1.75. The molecule has 0 radical (unpaired) electrons. The largest absolute Gasteiger partial charge is 0.387 e. The standard InChI is InChI=1S/C18H18Cl2N2O2/c1-22-5-4-11-6-12(2-3-16(11)22)17(23)10-21-18(24)13-7-14(19)9-15(20)8-13/h2-3,6-9,17,23H,4-5,10H2,1H3,(H,21,24). The van der Waals surface area contributed by atoms with Gasteiger partial charge < -0.3 is 15.3 Å². The number of nitrogens with zero attached hydrogens (tertiary/aromatic N) is 1. The van der Waals surface area contributed by atoms with E-state index in [-0.39, 0.29) is 12.5 Å². The quantitative estimate of drug-likeness (QED) is 0.873. The Balaban J connectivity index is 1.65. The number of nitrogens with one attached hydrogen (secondary N) is 1. The van der Waals surface area contributed by atoms with E-state index in [0.717, 1.165) is 18.5 Å². The topological polar surface area (TPSA) is 52.6 Å². The van der Waals surface area contributed by atoms with Gasteiger partial charge in [0.15, 0.2) is 0 Å². The number of carbonyl (C=O) groups is 1. The zero-order chi connectivity index (χ0) is 17.3. The molecule has 2 aromatic carbocycles. The predicted octanol–water partition coefficient (Wildman–Crippen LogP) is 3.45. The zero-order valence-corrected chi connectivity index (χ0v) is 14.7. The van der Waals surface area contributed by atoms with Crippen molar-refractivity contribution in [1.82, 2.24) is 5.32 Å². The minimum absolute atomic E-state index is 0.123. The lowest BCUT2D eigenvalue weighted by Crippen LogP contribution is -2.28. The Labute approximate surface area is 151 Å². The second-order valence-electron chi connectivity index (χ2n) is 5.94. The van der Waals surface area contributed by atoms with Gasteiger partial charge in [0.2, 0.25) is 0 Å². The van der Waals surface area contributed by atoms with Crippen LogP contribution in [0.15, 0.2) is 36.4 Å². The van der Waals surface area contributed by atoms with Gasteiger partial charge in [-0.1, -0.05) is 35.3 Å². The average Bonchev–Trinajstić information content (AvgIpc) is 2.92. The number of fused-ring (bicyclic) bond motifs is 1. The number of aliphatic hydroxyl groups excluding tert-OH is 1. The van der Waals surface area contributed by atoms with Crippen molar-refractivity contribution in [2.24, 2.45) is 0 Å². The molecule has 1 aliphatic heterocycles. The van der Waals surface area contributed by atoms with E-state index in [1.54, 1.807) is 18.2 Å². The van der Waals surface area contributed by atoms with Gasteiger partial charge in [0.25, 0.3) is 5.91 Å². The number of halogens is 2. The Kier molecular flexibility index (Phi) is 4.99. The van der Waals surface area contributed by atoms with Crippen LogP contribution < -0.4 is 10.2 Å². The summed E-state index contributed by atoms with van der Waals surface area (Å²) in [6, 6.07) is 10.6. The molecule has 4 nitrogen and oxygen atoms in total. The Morgan fingerprint density at radius 3 is 2.67 bits per heavy atom. The molecule has 0 aromatic heterocycles. The Morgan fingerprint density at radius 2 is 1.96 bits per heavy atom. The van der Waals surface area contributed by atoms with Crippen molar-refractivity contribution in [2.45, 2.75) is 12.5 Å². The van der Waals surface area contributed by atoms with Crippen LogP contribution in [0.1, 0.15) is 27.6 Å². The number of anilines is 1. The fourth-order valence-electron chi connectivity index (χ4n) is 2.89. The van der Waals surface area contributed by atoms with Gasteiger partial charge in [0.1, 0.15) is 0 Å². The lowest BCUT2D eigenvalue weighted by molar-refractivity contribution is 0.0916. The van der Waals surface area contributed by atoms with Crippen molar-refractivity contribution in [1.29, 1.82) is 0 Å². The SMILES string of the molecule is CN1CCc2cc(C(O)CNC(=O)c3cc(Cl)cc(Cl)c3)ccc21. The van der Waals surface area contributed by atoms with Gasteiger partial charge in [0, 0.05) is 41.4 Å². The number of likely N-dealkylation sites (N-methyl/N-ethyl adjacent to an activating group) is 1. The number of hydrogen-bond acceptors (Lipinski definition) is 3. The van der Waals surface area contributed by atoms with Crippen molar-refractivity contribution in [3.8, 4) is 0 Å². The van der Waals surface area contributed by atoms with Gasteiger partial charge in [-0.3, -0.25) is 4.79 Å². The molecule has 1 amide bonds. The van der Waals surface area contributed by atoms with Crippen LogP contribution in [0, 0.1) is 0 Å². The van der Waals surface area contributed by atoms with Crippen molar-refractivity contribution in [2.75, 3.05) is 25.0 Å². The molecule has 3 rings (SSSR count). The van der Waals surface area contributed by atoms with Crippen LogP contribution in [0.5, 0.6) is 0 Å². The van der Waals surface area contributed by atoms with E-state index in [1.807, 2.05) is 18.2 Å². The van der Waals surface area contributed by atoms with Crippen molar-refractivity contribution >= 4 is 34.8 Å². The van der Waals surface area contributed by atoms with Crippen LogP contribution in [-0.2, 0) is 6.42 Å². The second-order valence-corrected chi connectivity index (χ2v) is 6.82. The van der Waals surface area contributed by atoms with Crippen molar-refractivity contribution in [3.05, 3.63) is 63.1 Å². The molecule has 1 heterocycles. The highest BCUT2D eigenvalue weighted by atomic mass is 35.5. The molecule has 0 aliphatic carbocycles. The van der Waals surface area contributed by atoms with Gasteiger partial charge in [-0.05, 0) is 41.8 Å². The van der Waals surface area contributed by atoms with E-state index in [4.69, 9.17) is 23.2 Å². The highest BCUT2D eigenvalue weighted by Gasteiger charge is 2.18. The van der Waals surface area contributed by atoms with Crippen LogP contribution in [0.25, 0.3) is 0 Å². The molecule has 0 fully saturated rings. The molecule has 0 spiro atoms. The maximum Gasteiger partial charge on any atom is 0.251 e. The summed E-state index contributed by atoms with van der Waals surface area (Å²) in [5.41, 5.74) is 3.59. The van der Waals surface area contributed by atoms with Crippen LogP contribution >= 0.6 is 23.2 Å². The van der Waals surface area contributed by atoms with Crippen molar-refractivity contribution in [3.63, 3.8) is 0 Å². The first-order chi connectivity index (χ1) is 11.4. The second kappa shape index (κ2) is 7.01. The molecule has 24 heavy (non-hydrogen) atoms. The first-order valence-electron chi connectivity index (χ1n) is 7.70. The number of carbonyl (C=O) groups excluding carboxylic acids is 1. The van der Waals surface area contributed by atoms with Gasteiger partial charge in [-0.25, -0.2) is 0 Å². The van der Waals surface area contributed by atoms with Gasteiger partial charge >= 0.3 is 0 Å². The van der Waals surface area contributed by atoms with Crippen LogP contribution in [0.3, 0.4) is 0 Å². The van der Waals surface area contributed by atoms with Crippen molar-refractivity contribution < 1.29 is 9.90 Å². The van der Waals surface area contributed by atoms with Crippen LogP contribution in [0.2, 0.25) is 10.0 Å². The van der Waals surface area contributed by atoms with E-state index < -0.39 is 6.10 Å². The summed E-state index contributed by atoms with van der Waals surface area (Å²) >= 11 is 11.8. The molecule has 1 unspecified atom stereocenters. The summed E-state index contributed by atoms with van der Waals surface area (Å²) in [5, 5.41) is 13.9. The third-order valence-electron chi connectivity index (χ3n) is 4.20. The molecule has 1 atom stereocenters. The van der Waals surface area contributed by atoms with Gasteiger partial charge in [0.05, 0.1) is 6.10 Å². The number of benzene rings is 2. The van der Waals surface area contributed by atoms with E-state index in [0.29, 0.717) is 15.6 Å². The predicted molar refractivity (Wildman–Crippen MR) is 97.2 cm³/mol. The molecule has 0 saturated carbocycles. The van der Waals surface area contributed by atoms with E-state index in [9.17, 15) is 9.90 Å². The average molecular weight is 365 g/mol. The first kappa shape index (κ1) is 17.1. The van der Waals surface area contributed by atoms with E-state index >= 15 is 0 Å². The number of hydrogen-bond donors (Lipinski definition) is 2. The monoisotopic (exact) mass is 364 g/mol. The maximum atomic E-state index is 12.2. The minimum atomic E-state index is -0.764. The molecular weight excluding hydrogens is 347 g/mol. The molecular formula is C18H18Cl2N2O2. The minimum Gasteiger partial charge on any atom is -0.387 e. The third-order valence-corrected chi connectivity index (χ3v) is 4.63. The molecule has 1 aliphatic rings. The highest BCUT2D eigenvalue weighted by molar-refractivity contribution is 6.35. The third kappa shape index (κ3) is 3.66. The fourth-order valence-corrected chi connectivity index (χ4v) is 3.41. The summed E-state index contributed by atoms with van der Waals surface area (Å²) in [7, 11) is 2.05. The maximum absolute atomic E-state index is 12.2. The van der Waals surface area contributed by atoms with E-state index in [1.165, 1.54) is 11.3 Å². The Bertz CT molecular complexity index is 759. The van der Waals surface area contributed by atoms with Gasteiger partial charge in [-0.2, -0.15) is 0 Å². The number of rotatable bonds is 4. The number of aliphatic hydroxyl groups is 1. The lowest BCUT2D eigenvalue weighted by atomic mass is 10.0. The fraction of sp³-hybridized carbons (Fsp3) is 0.278. The molecule has 0 bridgehead atoms. The van der Waals surface area contributed by atoms with Gasteiger partial charge in [-0.15, -0.1) is 0 Å². The molecule has 0 saturated heterocycles. The van der Waals surface area contributed by atoms with Crippen LogP contribution in [-0.4, -0.2) is 31.2 Å². The van der Waals surface area contributed by atoms with E-state index in [2.05, 4.69) is 17.3 Å². The normalized spacial score (nSPS) is 14.4. The highest BCUT2D eigenvalue weighted by Crippen LogP contribution is 2.29.